The predicted octanol–water partition coefficient (Wildman–Crippen LogP) is 3.18. The van der Waals surface area contributed by atoms with Crippen molar-refractivity contribution in [1.82, 2.24) is 0 Å². The quantitative estimate of drug-likeness (QED) is 0.432. The Morgan fingerprint density at radius 3 is 2.67 bits per heavy atom. The highest BCUT2D eigenvalue weighted by Gasteiger charge is 2.36. The molecule has 0 atom stereocenters. The zero-order valence-electron chi connectivity index (χ0n) is 9.96. The number of rotatable bonds is 9. The molecule has 0 bridgehead atoms. The van der Waals surface area contributed by atoms with Gasteiger partial charge in [-0.1, -0.05) is 19.4 Å². The van der Waals surface area contributed by atoms with Gasteiger partial charge in [-0.2, -0.15) is 0 Å². The first-order chi connectivity index (χ1) is 7.33. The number of hydrogen-bond donors (Lipinski definition) is 0. The van der Waals surface area contributed by atoms with Crippen LogP contribution in [0.15, 0.2) is 12.7 Å². The van der Waals surface area contributed by atoms with Crippen molar-refractivity contribution in [3.63, 3.8) is 0 Å². The van der Waals surface area contributed by atoms with Crippen LogP contribution in [0.3, 0.4) is 0 Å². The summed E-state index contributed by atoms with van der Waals surface area (Å²) in [6, 6.07) is 0. The van der Waals surface area contributed by atoms with Crippen molar-refractivity contribution >= 4 is 0 Å². The lowest BCUT2D eigenvalue weighted by atomic mass is 9.84. The van der Waals surface area contributed by atoms with Gasteiger partial charge < -0.3 is 9.47 Å². The third-order valence-corrected chi connectivity index (χ3v) is 3.17. The van der Waals surface area contributed by atoms with Crippen LogP contribution in [0.2, 0.25) is 0 Å². The summed E-state index contributed by atoms with van der Waals surface area (Å²) in [5.74, 6) is 0. The van der Waals surface area contributed by atoms with Gasteiger partial charge in [-0.3, -0.25) is 0 Å². The van der Waals surface area contributed by atoms with Crippen molar-refractivity contribution in [3.8, 4) is 0 Å². The van der Waals surface area contributed by atoms with Crippen LogP contribution in [0.25, 0.3) is 0 Å². The van der Waals surface area contributed by atoms with E-state index in [1.54, 1.807) is 0 Å². The fourth-order valence-corrected chi connectivity index (χ4v) is 1.74. The molecule has 0 radical (unpaired) electrons. The van der Waals surface area contributed by atoms with E-state index in [9.17, 15) is 0 Å². The highest BCUT2D eigenvalue weighted by molar-refractivity contribution is 4.83. The van der Waals surface area contributed by atoms with Gasteiger partial charge in [-0.05, 0) is 25.7 Å². The lowest BCUT2D eigenvalue weighted by molar-refractivity contribution is -0.150. The molecule has 0 saturated carbocycles. The standard InChI is InChI=1S/C13H24O2/c1-3-5-6-7-8-9-14-10-13(4-2)11-15-12-13/h3H,1,4-12H2,2H3. The third-order valence-electron chi connectivity index (χ3n) is 3.17. The van der Waals surface area contributed by atoms with Crippen molar-refractivity contribution in [2.75, 3.05) is 26.4 Å². The predicted molar refractivity (Wildman–Crippen MR) is 63.0 cm³/mol. The summed E-state index contributed by atoms with van der Waals surface area (Å²) in [7, 11) is 0. The minimum absolute atomic E-state index is 0.348. The van der Waals surface area contributed by atoms with Crippen LogP contribution >= 0.6 is 0 Å². The summed E-state index contributed by atoms with van der Waals surface area (Å²) in [5, 5.41) is 0. The molecule has 1 saturated heterocycles. The van der Waals surface area contributed by atoms with E-state index in [0.717, 1.165) is 32.8 Å². The molecule has 88 valence electrons. The first-order valence-electron chi connectivity index (χ1n) is 6.09. The van der Waals surface area contributed by atoms with Gasteiger partial charge in [0.2, 0.25) is 0 Å². The van der Waals surface area contributed by atoms with Crippen molar-refractivity contribution in [2.45, 2.75) is 39.0 Å². The normalized spacial score (nSPS) is 18.5. The van der Waals surface area contributed by atoms with Gasteiger partial charge in [0, 0.05) is 12.0 Å². The highest BCUT2D eigenvalue weighted by atomic mass is 16.5. The molecular formula is C13H24O2. The maximum absolute atomic E-state index is 5.71. The summed E-state index contributed by atoms with van der Waals surface area (Å²) >= 11 is 0. The van der Waals surface area contributed by atoms with Gasteiger partial charge in [0.05, 0.1) is 19.8 Å². The molecular weight excluding hydrogens is 188 g/mol. The molecule has 0 aromatic rings. The van der Waals surface area contributed by atoms with Crippen LogP contribution in [0.5, 0.6) is 0 Å². The Balaban J connectivity index is 1.90. The maximum Gasteiger partial charge on any atom is 0.0566 e. The topological polar surface area (TPSA) is 18.5 Å². The minimum atomic E-state index is 0.348. The van der Waals surface area contributed by atoms with Crippen LogP contribution in [0.4, 0.5) is 0 Å². The Bertz CT molecular complexity index is 168. The molecule has 0 aromatic carbocycles. The Labute approximate surface area is 93.7 Å². The highest BCUT2D eigenvalue weighted by Crippen LogP contribution is 2.31. The zero-order valence-corrected chi connectivity index (χ0v) is 9.96. The Kier molecular flexibility index (Phi) is 5.96. The molecule has 1 heterocycles. The van der Waals surface area contributed by atoms with Gasteiger partial charge in [-0.25, -0.2) is 0 Å². The molecule has 15 heavy (non-hydrogen) atoms. The van der Waals surface area contributed by atoms with Crippen molar-refractivity contribution in [2.24, 2.45) is 5.41 Å². The maximum atomic E-state index is 5.71. The molecule has 0 aliphatic carbocycles. The zero-order chi connectivity index (χ0) is 11.0. The molecule has 1 aliphatic heterocycles. The van der Waals surface area contributed by atoms with E-state index in [1.807, 2.05) is 6.08 Å². The third kappa shape index (κ3) is 4.35. The fraction of sp³-hybridized carbons (Fsp3) is 0.846. The Morgan fingerprint density at radius 1 is 1.33 bits per heavy atom. The van der Waals surface area contributed by atoms with Gasteiger partial charge in [-0.15, -0.1) is 6.58 Å². The first kappa shape index (κ1) is 12.7. The summed E-state index contributed by atoms with van der Waals surface area (Å²) in [5.41, 5.74) is 0.348. The van der Waals surface area contributed by atoms with Crippen LogP contribution < -0.4 is 0 Å². The van der Waals surface area contributed by atoms with Crippen molar-refractivity contribution in [3.05, 3.63) is 12.7 Å². The Hall–Kier alpha value is -0.340. The van der Waals surface area contributed by atoms with Crippen LogP contribution in [0.1, 0.15) is 39.0 Å². The molecule has 0 aromatic heterocycles. The van der Waals surface area contributed by atoms with E-state index in [0.29, 0.717) is 5.41 Å². The van der Waals surface area contributed by atoms with Crippen LogP contribution in [0, 0.1) is 5.41 Å². The lowest BCUT2D eigenvalue weighted by Gasteiger charge is -2.40. The second-order valence-electron chi connectivity index (χ2n) is 4.54. The van der Waals surface area contributed by atoms with E-state index in [4.69, 9.17) is 9.47 Å². The molecule has 1 rings (SSSR count). The monoisotopic (exact) mass is 212 g/mol. The van der Waals surface area contributed by atoms with Gasteiger partial charge >= 0.3 is 0 Å². The molecule has 0 unspecified atom stereocenters. The molecule has 2 heteroatoms. The van der Waals surface area contributed by atoms with E-state index in [2.05, 4.69) is 13.5 Å². The van der Waals surface area contributed by atoms with Gasteiger partial charge in [0.1, 0.15) is 0 Å². The second kappa shape index (κ2) is 7.02. The smallest absolute Gasteiger partial charge is 0.0566 e. The molecule has 2 nitrogen and oxygen atoms in total. The molecule has 0 spiro atoms. The van der Waals surface area contributed by atoms with Gasteiger partial charge in [0.15, 0.2) is 0 Å². The average molecular weight is 212 g/mol. The minimum Gasteiger partial charge on any atom is -0.381 e. The van der Waals surface area contributed by atoms with E-state index >= 15 is 0 Å². The summed E-state index contributed by atoms with van der Waals surface area (Å²) < 4.78 is 11.0. The Morgan fingerprint density at radius 2 is 2.13 bits per heavy atom. The van der Waals surface area contributed by atoms with Crippen LogP contribution in [-0.2, 0) is 9.47 Å². The number of ether oxygens (including phenoxy) is 2. The largest absolute Gasteiger partial charge is 0.381 e. The SMILES string of the molecule is C=CCCCCCOCC1(CC)COC1. The molecule has 0 amide bonds. The summed E-state index contributed by atoms with van der Waals surface area (Å²) in [6.07, 6.45) is 7.96. The van der Waals surface area contributed by atoms with Crippen molar-refractivity contribution in [1.29, 1.82) is 0 Å². The molecule has 1 fully saturated rings. The fourth-order valence-electron chi connectivity index (χ4n) is 1.74. The summed E-state index contributed by atoms with van der Waals surface area (Å²) in [6.45, 7) is 9.49. The second-order valence-corrected chi connectivity index (χ2v) is 4.54. The number of hydrogen-bond acceptors (Lipinski definition) is 2. The number of unbranched alkanes of at least 4 members (excludes halogenated alkanes) is 3. The summed E-state index contributed by atoms with van der Waals surface area (Å²) in [4.78, 5) is 0. The number of allylic oxidation sites excluding steroid dienone is 1. The van der Waals surface area contributed by atoms with Crippen LogP contribution in [-0.4, -0.2) is 26.4 Å². The molecule has 0 N–H and O–H groups in total. The first-order valence-corrected chi connectivity index (χ1v) is 6.09. The van der Waals surface area contributed by atoms with Crippen molar-refractivity contribution < 1.29 is 9.47 Å². The molecule has 1 aliphatic rings. The van der Waals surface area contributed by atoms with E-state index in [1.165, 1.54) is 25.7 Å². The average Bonchev–Trinajstić information content (AvgIpc) is 2.20. The van der Waals surface area contributed by atoms with E-state index in [-0.39, 0.29) is 0 Å². The van der Waals surface area contributed by atoms with E-state index < -0.39 is 0 Å². The lowest BCUT2D eigenvalue weighted by Crippen LogP contribution is -2.45. The van der Waals surface area contributed by atoms with Gasteiger partial charge in [0.25, 0.3) is 0 Å².